The summed E-state index contributed by atoms with van der Waals surface area (Å²) in [5, 5.41) is 3.58. The topological polar surface area (TPSA) is 103 Å². The number of methoxy groups -OCH3 is 1. The zero-order valence-corrected chi connectivity index (χ0v) is 24.0. The van der Waals surface area contributed by atoms with Gasteiger partial charge in [0.15, 0.2) is 0 Å². The molecule has 2 heterocycles. The number of rotatable bonds is 5. The normalized spacial score (nSPS) is 17.9. The van der Waals surface area contributed by atoms with Crippen LogP contribution in [0.2, 0.25) is 5.02 Å². The average Bonchev–Trinajstić information content (AvgIpc) is 2.94. The lowest BCUT2D eigenvalue weighted by Gasteiger charge is -2.37. The Bertz CT molecular complexity index is 1470. The molecule has 1 N–H and O–H groups in total. The third-order valence-electron chi connectivity index (χ3n) is 6.78. The van der Waals surface area contributed by atoms with Crippen molar-refractivity contribution >= 4 is 35.3 Å². The van der Waals surface area contributed by atoms with E-state index in [4.69, 9.17) is 30.5 Å². The molecule has 10 heteroatoms. The van der Waals surface area contributed by atoms with E-state index in [-0.39, 0.29) is 18.9 Å². The van der Waals surface area contributed by atoms with E-state index in [1.807, 2.05) is 24.3 Å². The van der Waals surface area contributed by atoms with Gasteiger partial charge in [0.25, 0.3) is 5.91 Å². The number of hydrogen-bond donors (Lipinski definition) is 1. The fourth-order valence-corrected chi connectivity index (χ4v) is 4.88. The predicted molar refractivity (Wildman–Crippen MR) is 152 cm³/mol. The highest BCUT2D eigenvalue weighted by atomic mass is 35.5. The molecule has 0 bridgehead atoms. The van der Waals surface area contributed by atoms with Gasteiger partial charge in [0.05, 0.1) is 19.3 Å². The maximum absolute atomic E-state index is 13.0. The van der Waals surface area contributed by atoms with Gasteiger partial charge in [-0.2, -0.15) is 0 Å². The molecule has 1 unspecified atom stereocenters. The molecule has 0 spiro atoms. The lowest BCUT2D eigenvalue weighted by Crippen LogP contribution is -2.50. The zero-order chi connectivity index (χ0) is 29.3. The number of hydrogen-bond acceptors (Lipinski definition) is 7. The minimum atomic E-state index is -0.876. The largest absolute Gasteiger partial charge is 0.489 e. The summed E-state index contributed by atoms with van der Waals surface area (Å²) in [5.74, 6) is 0.261. The summed E-state index contributed by atoms with van der Waals surface area (Å²) >= 11 is 5.94. The van der Waals surface area contributed by atoms with E-state index in [2.05, 4.69) is 5.32 Å². The number of nitrogens with one attached hydrogen (secondary N) is 1. The number of carbonyl (C=O) groups is 3. The number of fused-ring (bicyclic) bond motifs is 2. The van der Waals surface area contributed by atoms with Crippen LogP contribution < -0.4 is 14.8 Å². The third-order valence-corrected chi connectivity index (χ3v) is 7.03. The number of ether oxygens (including phenoxy) is 4. The lowest BCUT2D eigenvalue weighted by molar-refractivity contribution is -0.147. The standard InChI is InChI=1S/C31H31ClN2O7/c1-31(2,3)41-30(37)34-16-21-15-26-24(13-20(21)14-25(34)29(36)38-4)33-28(35)27(40-26)19-7-11-23(12-8-19)39-17-18-5-9-22(32)10-6-18/h5-13,15,25,27H,14,16-17H2,1-4H3,(H,33,35)/t25-,27?/m0/s1. The van der Waals surface area contributed by atoms with Crippen molar-refractivity contribution in [1.82, 2.24) is 4.90 Å². The van der Waals surface area contributed by atoms with Crippen LogP contribution in [0.25, 0.3) is 0 Å². The molecule has 41 heavy (non-hydrogen) atoms. The van der Waals surface area contributed by atoms with Gasteiger partial charge in [-0.15, -0.1) is 0 Å². The molecule has 0 aromatic heterocycles. The Morgan fingerprint density at radius 2 is 1.76 bits per heavy atom. The molecule has 0 saturated carbocycles. The summed E-state index contributed by atoms with van der Waals surface area (Å²) in [5.41, 5.74) is 3.01. The van der Waals surface area contributed by atoms with Crippen molar-refractivity contribution in [3.63, 3.8) is 0 Å². The number of carbonyl (C=O) groups excluding carboxylic acids is 3. The van der Waals surface area contributed by atoms with Crippen LogP contribution >= 0.6 is 11.6 Å². The highest BCUT2D eigenvalue weighted by molar-refractivity contribution is 6.30. The maximum atomic E-state index is 13.0. The van der Waals surface area contributed by atoms with Gasteiger partial charge in [0, 0.05) is 17.0 Å². The molecular weight excluding hydrogens is 548 g/mol. The van der Waals surface area contributed by atoms with Crippen molar-refractivity contribution in [2.45, 2.75) is 58.1 Å². The van der Waals surface area contributed by atoms with E-state index in [9.17, 15) is 14.4 Å². The van der Waals surface area contributed by atoms with Gasteiger partial charge < -0.3 is 24.3 Å². The molecule has 2 aliphatic rings. The van der Waals surface area contributed by atoms with E-state index in [1.54, 1.807) is 57.2 Å². The number of benzene rings is 3. The molecule has 0 aliphatic carbocycles. The molecule has 2 atom stereocenters. The first-order chi connectivity index (χ1) is 19.5. The SMILES string of the molecule is COC(=O)[C@@H]1Cc2cc3c(cc2CN1C(=O)OC(C)(C)C)OC(c1ccc(OCc2ccc(Cl)cc2)cc1)C(=O)N3. The molecule has 2 amide bonds. The van der Waals surface area contributed by atoms with Crippen LogP contribution in [0.5, 0.6) is 11.5 Å². The first-order valence-electron chi connectivity index (χ1n) is 13.2. The van der Waals surface area contributed by atoms with Gasteiger partial charge in [-0.3, -0.25) is 9.69 Å². The molecular formula is C31H31ClN2O7. The third kappa shape index (κ3) is 6.41. The summed E-state index contributed by atoms with van der Waals surface area (Å²) in [4.78, 5) is 39.9. The predicted octanol–water partition coefficient (Wildman–Crippen LogP) is 5.83. The molecule has 3 aromatic rings. The van der Waals surface area contributed by atoms with Gasteiger partial charge in [-0.1, -0.05) is 35.9 Å². The Labute approximate surface area is 243 Å². The van der Waals surface area contributed by atoms with Crippen molar-refractivity contribution in [3.8, 4) is 11.5 Å². The summed E-state index contributed by atoms with van der Waals surface area (Å²) in [6.45, 7) is 5.80. The second-order valence-electron chi connectivity index (χ2n) is 10.9. The van der Waals surface area contributed by atoms with E-state index < -0.39 is 29.8 Å². The van der Waals surface area contributed by atoms with Gasteiger partial charge in [0.1, 0.15) is 29.7 Å². The molecule has 9 nitrogen and oxygen atoms in total. The first kappa shape index (κ1) is 28.3. The Morgan fingerprint density at radius 3 is 2.41 bits per heavy atom. The Morgan fingerprint density at radius 1 is 1.05 bits per heavy atom. The Hall–Kier alpha value is -4.24. The lowest BCUT2D eigenvalue weighted by atomic mass is 9.92. The van der Waals surface area contributed by atoms with E-state index in [0.717, 1.165) is 16.7 Å². The maximum Gasteiger partial charge on any atom is 0.411 e. The molecule has 2 aliphatic heterocycles. The second kappa shape index (κ2) is 11.3. The Kier molecular flexibility index (Phi) is 7.82. The van der Waals surface area contributed by atoms with Crippen LogP contribution in [0.1, 0.15) is 49.1 Å². The zero-order valence-electron chi connectivity index (χ0n) is 23.2. The number of nitrogens with zero attached hydrogens (tertiary/aromatic N) is 1. The van der Waals surface area contributed by atoms with Crippen molar-refractivity contribution in [1.29, 1.82) is 0 Å². The summed E-state index contributed by atoms with van der Waals surface area (Å²) in [6.07, 6.45) is -1.27. The molecule has 3 aromatic carbocycles. The van der Waals surface area contributed by atoms with Crippen LogP contribution in [0.15, 0.2) is 60.7 Å². The second-order valence-corrected chi connectivity index (χ2v) is 11.4. The van der Waals surface area contributed by atoms with E-state index in [0.29, 0.717) is 34.4 Å². The fraction of sp³-hybridized carbons (Fsp3) is 0.323. The minimum absolute atomic E-state index is 0.124. The highest BCUT2D eigenvalue weighted by Gasteiger charge is 2.39. The number of amides is 2. The van der Waals surface area contributed by atoms with Crippen LogP contribution in [0.4, 0.5) is 10.5 Å². The van der Waals surface area contributed by atoms with Gasteiger partial charge in [-0.25, -0.2) is 9.59 Å². The van der Waals surface area contributed by atoms with Crippen LogP contribution in [-0.4, -0.2) is 41.6 Å². The number of halogens is 1. The molecule has 0 radical (unpaired) electrons. The van der Waals surface area contributed by atoms with Gasteiger partial charge >= 0.3 is 12.1 Å². The fourth-order valence-electron chi connectivity index (χ4n) is 4.75. The van der Waals surface area contributed by atoms with Crippen molar-refractivity contribution in [2.75, 3.05) is 12.4 Å². The average molecular weight is 579 g/mol. The number of esters is 1. The first-order valence-corrected chi connectivity index (χ1v) is 13.6. The summed E-state index contributed by atoms with van der Waals surface area (Å²) in [7, 11) is 1.28. The van der Waals surface area contributed by atoms with E-state index in [1.165, 1.54) is 12.0 Å². The summed E-state index contributed by atoms with van der Waals surface area (Å²) < 4.78 is 22.5. The molecule has 5 rings (SSSR count). The van der Waals surface area contributed by atoms with Crippen LogP contribution in [0.3, 0.4) is 0 Å². The van der Waals surface area contributed by atoms with E-state index >= 15 is 0 Å². The van der Waals surface area contributed by atoms with Crippen LogP contribution in [-0.2, 0) is 38.6 Å². The van der Waals surface area contributed by atoms with Crippen molar-refractivity contribution < 1.29 is 33.3 Å². The Balaban J connectivity index is 1.33. The smallest absolute Gasteiger partial charge is 0.411 e. The van der Waals surface area contributed by atoms with Gasteiger partial charge in [-0.05, 0) is 73.9 Å². The molecule has 0 saturated heterocycles. The number of anilines is 1. The molecule has 214 valence electrons. The quantitative estimate of drug-likeness (QED) is 0.380. The van der Waals surface area contributed by atoms with Crippen molar-refractivity contribution in [3.05, 3.63) is 87.9 Å². The molecule has 0 fully saturated rings. The van der Waals surface area contributed by atoms with Crippen LogP contribution in [0, 0.1) is 0 Å². The van der Waals surface area contributed by atoms with Crippen molar-refractivity contribution in [2.24, 2.45) is 0 Å². The minimum Gasteiger partial charge on any atom is -0.489 e. The summed E-state index contributed by atoms with van der Waals surface area (Å²) in [6, 6.07) is 17.3. The van der Waals surface area contributed by atoms with Gasteiger partial charge in [0.2, 0.25) is 6.10 Å². The monoisotopic (exact) mass is 578 g/mol. The highest BCUT2D eigenvalue weighted by Crippen LogP contribution is 2.40.